The van der Waals surface area contributed by atoms with Crippen molar-refractivity contribution < 1.29 is 9.53 Å². The van der Waals surface area contributed by atoms with Crippen LogP contribution in [-0.4, -0.2) is 25.6 Å². The first-order chi connectivity index (χ1) is 12.9. The summed E-state index contributed by atoms with van der Waals surface area (Å²) in [6, 6.07) is 0. The molecule has 3 fully saturated rings. The first kappa shape index (κ1) is 21.1. The predicted octanol–water partition coefficient (Wildman–Crippen LogP) is 6.70. The van der Waals surface area contributed by atoms with E-state index in [0.29, 0.717) is 5.41 Å². The average Bonchev–Trinajstić information content (AvgIpc) is 2.96. The molecule has 4 rings (SSSR count). The molecule has 0 aliphatic heterocycles. The Hall–Kier alpha value is -0.123. The largest absolute Gasteiger partial charge is 0.411 e. The van der Waals surface area contributed by atoms with E-state index < -0.39 is 8.32 Å². The quantitative estimate of drug-likeness (QED) is 0.410. The molecule has 0 aromatic carbocycles. The van der Waals surface area contributed by atoms with Gasteiger partial charge in [0.25, 0.3) is 0 Å². The van der Waals surface area contributed by atoms with E-state index in [1.54, 1.807) is 5.57 Å². The molecule has 2 unspecified atom stereocenters. The maximum atomic E-state index is 11.2. The number of aliphatic hydroxyl groups is 1. The lowest BCUT2D eigenvalue weighted by atomic mass is 9.48. The Morgan fingerprint density at radius 1 is 1.11 bits per heavy atom. The fraction of sp³-hybridized carbons (Fsp3) is 0.920. The van der Waals surface area contributed by atoms with Crippen LogP contribution in [0.15, 0.2) is 11.6 Å². The second-order valence-electron chi connectivity index (χ2n) is 12.7. The molecule has 28 heavy (non-hydrogen) atoms. The van der Waals surface area contributed by atoms with Crippen molar-refractivity contribution in [3.05, 3.63) is 11.6 Å². The number of hydrogen-bond donors (Lipinski definition) is 1. The van der Waals surface area contributed by atoms with Crippen molar-refractivity contribution in [2.75, 3.05) is 0 Å². The summed E-state index contributed by atoms with van der Waals surface area (Å²) in [6.45, 7) is 16.6. The van der Waals surface area contributed by atoms with E-state index in [0.717, 1.165) is 30.6 Å². The summed E-state index contributed by atoms with van der Waals surface area (Å²) < 4.78 is 6.72. The van der Waals surface area contributed by atoms with Crippen LogP contribution in [0.3, 0.4) is 0 Å². The van der Waals surface area contributed by atoms with Crippen LogP contribution in [0.2, 0.25) is 18.1 Å². The number of hydrogen-bond acceptors (Lipinski definition) is 2. The third kappa shape index (κ3) is 3.19. The second kappa shape index (κ2) is 6.69. The lowest BCUT2D eigenvalue weighted by molar-refractivity contribution is -0.0763. The standard InChI is InChI=1S/C25H44O2Si/c1-23(2,3)28(6,7)27-22-15-17-10-11-18-19-9-8-13-24(19,4)14-12-20(18)25(17,5)16-21(22)26/h10,18-22,26H,8-9,11-16H2,1-7H3/t18-,19-,20+,21?,22?,24-,25-/m0/s1. The van der Waals surface area contributed by atoms with Gasteiger partial charge in [0.2, 0.25) is 0 Å². The van der Waals surface area contributed by atoms with Gasteiger partial charge in [-0.1, -0.05) is 52.7 Å². The van der Waals surface area contributed by atoms with E-state index in [2.05, 4.69) is 53.8 Å². The molecule has 160 valence electrons. The summed E-state index contributed by atoms with van der Waals surface area (Å²) in [5.74, 6) is 2.53. The van der Waals surface area contributed by atoms with Crippen LogP contribution in [0.1, 0.15) is 86.0 Å². The van der Waals surface area contributed by atoms with Gasteiger partial charge in [0, 0.05) is 0 Å². The van der Waals surface area contributed by atoms with Crippen LogP contribution in [0, 0.1) is 28.6 Å². The van der Waals surface area contributed by atoms with Crippen LogP contribution >= 0.6 is 0 Å². The molecular formula is C25H44O2Si. The molecule has 0 amide bonds. The van der Waals surface area contributed by atoms with Crippen molar-refractivity contribution >= 4 is 8.32 Å². The fourth-order valence-electron chi connectivity index (χ4n) is 7.34. The third-order valence-electron chi connectivity index (χ3n) is 10.1. The van der Waals surface area contributed by atoms with Gasteiger partial charge in [-0.25, -0.2) is 0 Å². The first-order valence-electron chi connectivity index (χ1n) is 11.9. The van der Waals surface area contributed by atoms with Gasteiger partial charge < -0.3 is 9.53 Å². The summed E-state index contributed by atoms with van der Waals surface area (Å²) >= 11 is 0. The summed E-state index contributed by atoms with van der Waals surface area (Å²) in [4.78, 5) is 0. The van der Waals surface area contributed by atoms with Crippen molar-refractivity contribution in [3.8, 4) is 0 Å². The highest BCUT2D eigenvalue weighted by atomic mass is 28.4. The molecule has 0 radical (unpaired) electrons. The number of rotatable bonds is 2. The van der Waals surface area contributed by atoms with E-state index in [9.17, 15) is 5.11 Å². The van der Waals surface area contributed by atoms with Gasteiger partial charge in [-0.05, 0) is 91.7 Å². The lowest BCUT2D eigenvalue weighted by Gasteiger charge is -2.58. The molecule has 2 nitrogen and oxygen atoms in total. The SMILES string of the molecule is CC(C)(C)[Si](C)(C)OC1CC2=CC[C@@H]3[C@@H](CC[C@]4(C)CCC[C@@H]34)[C@@]2(C)CC1O. The summed E-state index contributed by atoms with van der Waals surface area (Å²) in [6.07, 6.45) is 12.5. The van der Waals surface area contributed by atoms with Crippen LogP contribution in [0.25, 0.3) is 0 Å². The highest BCUT2D eigenvalue weighted by molar-refractivity contribution is 6.74. The Bertz CT molecular complexity index is 647. The van der Waals surface area contributed by atoms with Gasteiger partial charge in [-0.3, -0.25) is 0 Å². The monoisotopic (exact) mass is 404 g/mol. The summed E-state index contributed by atoms with van der Waals surface area (Å²) in [5, 5.41) is 11.4. The Balaban J connectivity index is 1.57. The van der Waals surface area contributed by atoms with Gasteiger partial charge in [-0.2, -0.15) is 0 Å². The molecule has 0 aromatic heterocycles. The molecule has 0 aromatic rings. The van der Waals surface area contributed by atoms with Crippen molar-refractivity contribution in [1.29, 1.82) is 0 Å². The van der Waals surface area contributed by atoms with Gasteiger partial charge >= 0.3 is 0 Å². The van der Waals surface area contributed by atoms with Gasteiger partial charge in [0.1, 0.15) is 0 Å². The van der Waals surface area contributed by atoms with E-state index >= 15 is 0 Å². The average molecular weight is 405 g/mol. The van der Waals surface area contributed by atoms with Crippen molar-refractivity contribution in [1.82, 2.24) is 0 Å². The van der Waals surface area contributed by atoms with E-state index in [-0.39, 0.29) is 22.7 Å². The smallest absolute Gasteiger partial charge is 0.192 e. The normalized spacial score (nSPS) is 46.4. The minimum atomic E-state index is -1.86. The van der Waals surface area contributed by atoms with Crippen molar-refractivity contribution in [2.45, 2.75) is 116 Å². The number of fused-ring (bicyclic) bond motifs is 5. The lowest BCUT2D eigenvalue weighted by Crippen LogP contribution is -2.55. The predicted molar refractivity (Wildman–Crippen MR) is 120 cm³/mol. The molecule has 3 heteroatoms. The van der Waals surface area contributed by atoms with Crippen LogP contribution in [0.5, 0.6) is 0 Å². The molecule has 4 aliphatic rings. The summed E-state index contributed by atoms with van der Waals surface area (Å²) in [5.41, 5.74) is 2.41. The van der Waals surface area contributed by atoms with Crippen LogP contribution in [0.4, 0.5) is 0 Å². The maximum Gasteiger partial charge on any atom is 0.192 e. The van der Waals surface area contributed by atoms with E-state index in [1.807, 2.05) is 0 Å². The minimum Gasteiger partial charge on any atom is -0.411 e. The van der Waals surface area contributed by atoms with Gasteiger partial charge in [0.05, 0.1) is 12.2 Å². The van der Waals surface area contributed by atoms with E-state index in [1.165, 1.54) is 38.5 Å². The van der Waals surface area contributed by atoms with Crippen molar-refractivity contribution in [2.24, 2.45) is 28.6 Å². The van der Waals surface area contributed by atoms with Crippen LogP contribution < -0.4 is 0 Å². The molecule has 0 heterocycles. The molecule has 4 aliphatic carbocycles. The zero-order valence-electron chi connectivity index (χ0n) is 19.5. The van der Waals surface area contributed by atoms with E-state index in [4.69, 9.17) is 4.43 Å². The fourth-order valence-corrected chi connectivity index (χ4v) is 8.69. The molecule has 0 bridgehead atoms. The Labute approximate surface area is 174 Å². The first-order valence-corrected chi connectivity index (χ1v) is 14.8. The molecule has 7 atom stereocenters. The zero-order chi connectivity index (χ0) is 20.5. The molecular weight excluding hydrogens is 360 g/mol. The zero-order valence-corrected chi connectivity index (χ0v) is 20.5. The Morgan fingerprint density at radius 3 is 2.50 bits per heavy atom. The van der Waals surface area contributed by atoms with Gasteiger partial charge in [0.15, 0.2) is 8.32 Å². The highest BCUT2D eigenvalue weighted by Crippen LogP contribution is 2.65. The summed E-state index contributed by atoms with van der Waals surface area (Å²) in [7, 11) is -1.86. The maximum absolute atomic E-state index is 11.2. The molecule has 1 N–H and O–H groups in total. The Morgan fingerprint density at radius 2 is 1.82 bits per heavy atom. The number of allylic oxidation sites excluding steroid dienone is 1. The second-order valence-corrected chi connectivity index (χ2v) is 17.5. The number of aliphatic hydroxyl groups excluding tert-OH is 1. The topological polar surface area (TPSA) is 29.5 Å². The van der Waals surface area contributed by atoms with Crippen molar-refractivity contribution in [3.63, 3.8) is 0 Å². The molecule has 0 saturated heterocycles. The van der Waals surface area contributed by atoms with Crippen LogP contribution in [-0.2, 0) is 4.43 Å². The highest BCUT2D eigenvalue weighted by Gasteiger charge is 2.57. The molecule has 3 saturated carbocycles. The Kier molecular flexibility index (Phi) is 5.04. The van der Waals surface area contributed by atoms with Gasteiger partial charge in [-0.15, -0.1) is 0 Å². The minimum absolute atomic E-state index is 0.00268. The molecule has 0 spiro atoms. The third-order valence-corrected chi connectivity index (χ3v) is 14.6.